The SMILES string of the molecule is CCCC(C)(NC(=O)CCc1cnn(-c2ccccc2)c1)C(=O)O. The number of para-hydroxylation sites is 1. The van der Waals surface area contributed by atoms with E-state index in [4.69, 9.17) is 0 Å². The second-order valence-electron chi connectivity index (χ2n) is 6.06. The Morgan fingerprint density at radius 2 is 2.00 bits per heavy atom. The number of hydrogen-bond acceptors (Lipinski definition) is 3. The summed E-state index contributed by atoms with van der Waals surface area (Å²) in [5.74, 6) is -1.27. The Labute approximate surface area is 141 Å². The molecule has 1 aromatic heterocycles. The molecule has 1 atom stereocenters. The highest BCUT2D eigenvalue weighted by Crippen LogP contribution is 2.14. The van der Waals surface area contributed by atoms with Crippen LogP contribution in [-0.2, 0) is 16.0 Å². The highest BCUT2D eigenvalue weighted by Gasteiger charge is 2.33. The Hall–Kier alpha value is -2.63. The normalized spacial score (nSPS) is 13.2. The molecule has 24 heavy (non-hydrogen) atoms. The first kappa shape index (κ1) is 17.7. The van der Waals surface area contributed by atoms with Crippen LogP contribution < -0.4 is 5.32 Å². The van der Waals surface area contributed by atoms with E-state index in [1.54, 1.807) is 17.8 Å². The monoisotopic (exact) mass is 329 g/mol. The molecule has 0 spiro atoms. The van der Waals surface area contributed by atoms with Gasteiger partial charge in [-0.25, -0.2) is 9.48 Å². The van der Waals surface area contributed by atoms with E-state index in [0.29, 0.717) is 19.3 Å². The van der Waals surface area contributed by atoms with Gasteiger partial charge in [-0.05, 0) is 37.5 Å². The Bertz CT molecular complexity index is 697. The molecule has 2 aromatic rings. The summed E-state index contributed by atoms with van der Waals surface area (Å²) in [4.78, 5) is 23.4. The summed E-state index contributed by atoms with van der Waals surface area (Å²) in [6.07, 6.45) is 5.44. The molecule has 0 saturated heterocycles. The largest absolute Gasteiger partial charge is 0.480 e. The number of carboxylic acid groups (broad SMARTS) is 1. The van der Waals surface area contributed by atoms with Crippen LogP contribution in [0.4, 0.5) is 0 Å². The zero-order valence-corrected chi connectivity index (χ0v) is 14.0. The number of nitrogens with one attached hydrogen (secondary N) is 1. The van der Waals surface area contributed by atoms with E-state index in [2.05, 4.69) is 10.4 Å². The molecule has 1 heterocycles. The van der Waals surface area contributed by atoms with Gasteiger partial charge < -0.3 is 10.4 Å². The number of carboxylic acids is 1. The topological polar surface area (TPSA) is 84.2 Å². The average molecular weight is 329 g/mol. The maximum absolute atomic E-state index is 12.1. The molecule has 0 fully saturated rings. The lowest BCUT2D eigenvalue weighted by Crippen LogP contribution is -2.52. The van der Waals surface area contributed by atoms with Crippen molar-refractivity contribution < 1.29 is 14.7 Å². The van der Waals surface area contributed by atoms with Gasteiger partial charge in [-0.1, -0.05) is 31.5 Å². The fraction of sp³-hybridized carbons (Fsp3) is 0.389. The van der Waals surface area contributed by atoms with Gasteiger partial charge in [-0.15, -0.1) is 0 Å². The lowest BCUT2D eigenvalue weighted by molar-refractivity contribution is -0.147. The maximum Gasteiger partial charge on any atom is 0.329 e. The minimum atomic E-state index is -1.21. The van der Waals surface area contributed by atoms with Crippen molar-refractivity contribution in [2.75, 3.05) is 0 Å². The zero-order valence-electron chi connectivity index (χ0n) is 14.0. The third-order valence-electron chi connectivity index (χ3n) is 3.93. The van der Waals surface area contributed by atoms with Crippen molar-refractivity contribution in [2.45, 2.75) is 45.1 Å². The number of carbonyl (C=O) groups excluding carboxylic acids is 1. The Morgan fingerprint density at radius 3 is 2.62 bits per heavy atom. The van der Waals surface area contributed by atoms with E-state index >= 15 is 0 Å². The molecule has 1 unspecified atom stereocenters. The van der Waals surface area contributed by atoms with Crippen LogP contribution in [0.1, 0.15) is 38.7 Å². The highest BCUT2D eigenvalue weighted by molar-refractivity contribution is 5.86. The van der Waals surface area contributed by atoms with Crippen molar-refractivity contribution in [1.29, 1.82) is 0 Å². The number of benzene rings is 1. The number of nitrogens with zero attached hydrogens (tertiary/aromatic N) is 2. The molecule has 0 bridgehead atoms. The van der Waals surface area contributed by atoms with Crippen LogP contribution in [0.15, 0.2) is 42.7 Å². The van der Waals surface area contributed by atoms with Crippen molar-refractivity contribution in [1.82, 2.24) is 15.1 Å². The summed E-state index contributed by atoms with van der Waals surface area (Å²) in [6, 6.07) is 9.71. The van der Waals surface area contributed by atoms with Gasteiger partial charge in [0, 0.05) is 12.6 Å². The molecule has 1 amide bonds. The number of aryl methyl sites for hydroxylation is 1. The van der Waals surface area contributed by atoms with Gasteiger partial charge in [0.25, 0.3) is 0 Å². The summed E-state index contributed by atoms with van der Waals surface area (Å²) in [7, 11) is 0. The molecule has 6 heteroatoms. The van der Waals surface area contributed by atoms with E-state index in [9.17, 15) is 14.7 Å². The molecule has 0 saturated carbocycles. The summed E-state index contributed by atoms with van der Waals surface area (Å²) >= 11 is 0. The first-order valence-electron chi connectivity index (χ1n) is 8.08. The fourth-order valence-corrected chi connectivity index (χ4v) is 2.56. The van der Waals surface area contributed by atoms with Crippen LogP contribution in [0.25, 0.3) is 5.69 Å². The molecule has 128 valence electrons. The number of aromatic nitrogens is 2. The Balaban J connectivity index is 1.93. The van der Waals surface area contributed by atoms with Crippen molar-refractivity contribution in [3.8, 4) is 5.69 Å². The Morgan fingerprint density at radius 1 is 1.29 bits per heavy atom. The van der Waals surface area contributed by atoms with E-state index in [1.165, 1.54) is 0 Å². The maximum atomic E-state index is 12.1. The third-order valence-corrected chi connectivity index (χ3v) is 3.93. The van der Waals surface area contributed by atoms with Crippen LogP contribution in [-0.4, -0.2) is 32.3 Å². The van der Waals surface area contributed by atoms with Crippen LogP contribution in [0.3, 0.4) is 0 Å². The Kier molecular flexibility index (Phi) is 5.73. The molecule has 0 aliphatic heterocycles. The van der Waals surface area contributed by atoms with Gasteiger partial charge in [0.05, 0.1) is 11.9 Å². The van der Waals surface area contributed by atoms with Crippen molar-refractivity contribution in [2.24, 2.45) is 0 Å². The van der Waals surface area contributed by atoms with Crippen LogP contribution >= 0.6 is 0 Å². The minimum Gasteiger partial charge on any atom is -0.480 e. The number of rotatable bonds is 8. The van der Waals surface area contributed by atoms with Crippen LogP contribution in [0.2, 0.25) is 0 Å². The minimum absolute atomic E-state index is 0.229. The molecule has 1 aromatic carbocycles. The predicted molar refractivity (Wildman–Crippen MR) is 91.0 cm³/mol. The van der Waals surface area contributed by atoms with Crippen LogP contribution in [0.5, 0.6) is 0 Å². The van der Waals surface area contributed by atoms with Gasteiger partial charge in [-0.2, -0.15) is 5.10 Å². The highest BCUT2D eigenvalue weighted by atomic mass is 16.4. The molecule has 0 aliphatic carbocycles. The van der Waals surface area contributed by atoms with Gasteiger partial charge in [0.15, 0.2) is 0 Å². The predicted octanol–water partition coefficient (Wildman–Crippen LogP) is 2.56. The lowest BCUT2D eigenvalue weighted by atomic mass is 9.96. The summed E-state index contributed by atoms with van der Waals surface area (Å²) < 4.78 is 1.76. The molecule has 0 aliphatic rings. The number of aliphatic carboxylic acids is 1. The zero-order chi connectivity index (χ0) is 17.6. The number of hydrogen-bond donors (Lipinski definition) is 2. The molecule has 6 nitrogen and oxygen atoms in total. The van der Waals surface area contributed by atoms with Gasteiger partial charge in [-0.3, -0.25) is 4.79 Å². The lowest BCUT2D eigenvalue weighted by Gasteiger charge is -2.25. The number of amides is 1. The first-order chi connectivity index (χ1) is 11.4. The second-order valence-corrected chi connectivity index (χ2v) is 6.06. The van der Waals surface area contributed by atoms with Crippen molar-refractivity contribution in [3.63, 3.8) is 0 Å². The van der Waals surface area contributed by atoms with Crippen molar-refractivity contribution in [3.05, 3.63) is 48.3 Å². The van der Waals surface area contributed by atoms with E-state index in [1.807, 2.05) is 43.5 Å². The van der Waals surface area contributed by atoms with Crippen LogP contribution in [0, 0.1) is 0 Å². The van der Waals surface area contributed by atoms with E-state index < -0.39 is 11.5 Å². The quantitative estimate of drug-likeness (QED) is 0.779. The molecule has 2 N–H and O–H groups in total. The molecule has 2 rings (SSSR count). The van der Waals surface area contributed by atoms with E-state index in [0.717, 1.165) is 11.3 Å². The third kappa shape index (κ3) is 4.44. The molecular weight excluding hydrogens is 306 g/mol. The second kappa shape index (κ2) is 7.77. The molecular formula is C18H23N3O3. The van der Waals surface area contributed by atoms with Crippen molar-refractivity contribution >= 4 is 11.9 Å². The summed E-state index contributed by atoms with van der Waals surface area (Å²) in [5.41, 5.74) is 0.677. The molecule has 0 radical (unpaired) electrons. The first-order valence-corrected chi connectivity index (χ1v) is 8.08. The number of carbonyl (C=O) groups is 2. The van der Waals surface area contributed by atoms with Gasteiger partial charge in [0.2, 0.25) is 5.91 Å². The summed E-state index contributed by atoms with van der Waals surface area (Å²) in [5, 5.41) is 16.2. The van der Waals surface area contributed by atoms with Gasteiger partial charge in [0.1, 0.15) is 5.54 Å². The summed E-state index contributed by atoms with van der Waals surface area (Å²) in [6.45, 7) is 3.44. The average Bonchev–Trinajstić information content (AvgIpc) is 3.03. The standard InChI is InChI=1S/C18H23N3O3/c1-3-11-18(2,17(23)24)20-16(22)10-9-14-12-19-21(13-14)15-7-5-4-6-8-15/h4-8,12-13H,3,9-11H2,1-2H3,(H,20,22)(H,23,24). The van der Waals surface area contributed by atoms with E-state index in [-0.39, 0.29) is 12.3 Å². The smallest absolute Gasteiger partial charge is 0.329 e. The fourth-order valence-electron chi connectivity index (χ4n) is 2.56. The van der Waals surface area contributed by atoms with Gasteiger partial charge >= 0.3 is 5.97 Å².